The zero-order chi connectivity index (χ0) is 30.3. The van der Waals surface area contributed by atoms with Crippen molar-refractivity contribution in [3.05, 3.63) is 69.9 Å². The van der Waals surface area contributed by atoms with E-state index in [1.165, 1.54) is 18.6 Å². The highest BCUT2D eigenvalue weighted by atomic mass is 32.2. The molecule has 10 nitrogen and oxygen atoms in total. The largest absolute Gasteiger partial charge is 0.497 e. The van der Waals surface area contributed by atoms with Crippen LogP contribution in [0.5, 0.6) is 11.5 Å². The normalized spacial score (nSPS) is 12.5. The van der Waals surface area contributed by atoms with Gasteiger partial charge in [0.15, 0.2) is 11.3 Å². The second kappa shape index (κ2) is 14.0. The van der Waals surface area contributed by atoms with Gasteiger partial charge in [-0.2, -0.15) is 0 Å². The van der Waals surface area contributed by atoms with Crippen molar-refractivity contribution < 1.29 is 17.9 Å². The molecular weight excluding hydrogens is 554 g/mol. The van der Waals surface area contributed by atoms with Gasteiger partial charge in [0, 0.05) is 12.5 Å². The van der Waals surface area contributed by atoms with Crippen LogP contribution in [0, 0.1) is 6.92 Å². The number of sulfonamides is 1. The number of H-pyrrole nitrogens is 1. The molecule has 0 fully saturated rings. The molecule has 2 heterocycles. The molecule has 0 saturated heterocycles. The summed E-state index contributed by atoms with van der Waals surface area (Å²) in [7, 11) is -2.33. The molecule has 0 aliphatic carbocycles. The molecule has 0 spiro atoms. The Kier molecular flexibility index (Phi) is 10.4. The van der Waals surface area contributed by atoms with Gasteiger partial charge in [0.2, 0.25) is 10.0 Å². The highest BCUT2D eigenvalue weighted by molar-refractivity contribution is 7.89. The third kappa shape index (κ3) is 7.01. The van der Waals surface area contributed by atoms with Crippen molar-refractivity contribution in [2.24, 2.45) is 0 Å². The van der Waals surface area contributed by atoms with Gasteiger partial charge >= 0.3 is 0 Å². The Morgan fingerprint density at radius 3 is 2.48 bits per heavy atom. The quantitative estimate of drug-likeness (QED) is 0.168. The molecule has 0 bridgehead atoms. The lowest BCUT2D eigenvalue weighted by Crippen LogP contribution is -2.23. The molecule has 0 aliphatic rings. The Hall–Kier alpha value is -3.70. The van der Waals surface area contributed by atoms with Crippen LogP contribution in [0.15, 0.2) is 52.2 Å². The van der Waals surface area contributed by atoms with E-state index in [2.05, 4.69) is 23.6 Å². The number of imidazole rings is 1. The summed E-state index contributed by atoms with van der Waals surface area (Å²) < 4.78 is 41.9. The number of hydrogen-bond donors (Lipinski definition) is 2. The Labute approximate surface area is 247 Å². The summed E-state index contributed by atoms with van der Waals surface area (Å²) >= 11 is 0. The van der Waals surface area contributed by atoms with Crippen LogP contribution in [0.3, 0.4) is 0 Å². The average molecular weight is 596 g/mol. The third-order valence-corrected chi connectivity index (χ3v) is 8.81. The molecule has 2 aromatic carbocycles. The molecule has 11 heteroatoms. The minimum absolute atomic E-state index is 0.0293. The Morgan fingerprint density at radius 1 is 1.05 bits per heavy atom. The Bertz CT molecular complexity index is 1660. The van der Waals surface area contributed by atoms with Gasteiger partial charge in [0.05, 0.1) is 29.9 Å². The fraction of sp³-hybridized carbons (Fsp3) is 0.452. The van der Waals surface area contributed by atoms with E-state index >= 15 is 0 Å². The summed E-state index contributed by atoms with van der Waals surface area (Å²) in [5, 5.41) is 4.81. The maximum atomic E-state index is 13.3. The van der Waals surface area contributed by atoms with E-state index in [1.54, 1.807) is 42.0 Å². The van der Waals surface area contributed by atoms with E-state index < -0.39 is 10.0 Å². The summed E-state index contributed by atoms with van der Waals surface area (Å²) in [4.78, 5) is 21.0. The lowest BCUT2D eigenvalue weighted by molar-refractivity contribution is 0.341. The lowest BCUT2D eigenvalue weighted by atomic mass is 9.97. The molecule has 2 aromatic heterocycles. The number of rotatable bonds is 15. The molecule has 226 valence electrons. The van der Waals surface area contributed by atoms with Gasteiger partial charge < -0.3 is 14.5 Å². The van der Waals surface area contributed by atoms with Gasteiger partial charge in [0.1, 0.15) is 17.3 Å². The number of ether oxygens (including phenoxy) is 2. The van der Waals surface area contributed by atoms with Crippen LogP contribution in [-0.4, -0.2) is 41.7 Å². The molecule has 1 unspecified atom stereocenters. The molecule has 4 rings (SSSR count). The number of nitrogens with zero attached hydrogens (tertiary/aromatic N) is 3. The number of aromatic nitrogens is 4. The Balaban J connectivity index is 1.72. The van der Waals surface area contributed by atoms with E-state index in [1.807, 2.05) is 13.8 Å². The fourth-order valence-corrected chi connectivity index (χ4v) is 6.10. The van der Waals surface area contributed by atoms with Crippen LogP contribution in [0.25, 0.3) is 16.9 Å². The van der Waals surface area contributed by atoms with Crippen molar-refractivity contribution in [3.63, 3.8) is 0 Å². The van der Waals surface area contributed by atoms with Gasteiger partial charge in [0.25, 0.3) is 5.56 Å². The van der Waals surface area contributed by atoms with Crippen LogP contribution in [0.1, 0.15) is 82.3 Å². The number of nitrogens with one attached hydrogen (secondary N) is 2. The zero-order valence-electron chi connectivity index (χ0n) is 25.1. The molecule has 4 aromatic rings. The van der Waals surface area contributed by atoms with Crippen molar-refractivity contribution in [1.29, 1.82) is 0 Å². The highest BCUT2D eigenvalue weighted by Crippen LogP contribution is 2.31. The van der Waals surface area contributed by atoms with Crippen molar-refractivity contribution >= 4 is 15.5 Å². The van der Waals surface area contributed by atoms with Gasteiger partial charge in [-0.1, -0.05) is 51.7 Å². The monoisotopic (exact) mass is 595 g/mol. The third-order valence-electron chi connectivity index (χ3n) is 7.41. The first kappa shape index (κ1) is 31.2. The number of unbranched alkanes of at least 4 members (excludes halogenated alkanes) is 3. The van der Waals surface area contributed by atoms with Crippen LogP contribution in [-0.2, 0) is 16.6 Å². The second-order valence-electron chi connectivity index (χ2n) is 10.3. The highest BCUT2D eigenvalue weighted by Gasteiger charge is 2.23. The first-order chi connectivity index (χ1) is 20.2. The number of fused-ring (bicyclic) bond motifs is 1. The predicted octanol–water partition coefficient (Wildman–Crippen LogP) is 5.74. The predicted molar refractivity (Wildman–Crippen MR) is 164 cm³/mol. The van der Waals surface area contributed by atoms with E-state index in [0.29, 0.717) is 34.9 Å². The maximum absolute atomic E-state index is 13.3. The lowest BCUT2D eigenvalue weighted by Gasteiger charge is -2.15. The number of hydrogen-bond acceptors (Lipinski definition) is 7. The number of aryl methyl sites for hydroxylation is 1. The topological polar surface area (TPSA) is 128 Å². The molecular formula is C31H41N5O5S. The summed E-state index contributed by atoms with van der Waals surface area (Å²) in [5.74, 6) is 2.21. The fourth-order valence-electron chi connectivity index (χ4n) is 5.06. The number of methoxy groups -OCH3 is 1. The zero-order valence-corrected chi connectivity index (χ0v) is 25.9. The van der Waals surface area contributed by atoms with Crippen LogP contribution in [0.4, 0.5) is 0 Å². The SMILES string of the molecule is CCCCCCC(CC)c1nc(C)c2c(=O)[nH]c(-c3cc(S(=O)(=O)NCc4ccc(OC)cc4)ccc3OCC)nn12. The van der Waals surface area contributed by atoms with Gasteiger partial charge in [-0.3, -0.25) is 4.79 Å². The smallest absolute Gasteiger partial charge is 0.277 e. The number of benzene rings is 2. The van der Waals surface area contributed by atoms with E-state index in [9.17, 15) is 13.2 Å². The van der Waals surface area contributed by atoms with Crippen molar-refractivity contribution in [2.45, 2.75) is 83.6 Å². The van der Waals surface area contributed by atoms with Gasteiger partial charge in [-0.25, -0.2) is 22.6 Å². The van der Waals surface area contributed by atoms with Crippen LogP contribution < -0.4 is 19.8 Å². The van der Waals surface area contributed by atoms with Crippen molar-refractivity contribution in [3.8, 4) is 22.9 Å². The van der Waals surface area contributed by atoms with Gasteiger partial charge in [-0.15, -0.1) is 5.10 Å². The van der Waals surface area contributed by atoms with Crippen LogP contribution in [0.2, 0.25) is 0 Å². The maximum Gasteiger partial charge on any atom is 0.277 e. The van der Waals surface area contributed by atoms with Crippen LogP contribution >= 0.6 is 0 Å². The summed E-state index contributed by atoms with van der Waals surface area (Å²) in [6.07, 6.45) is 6.40. The van der Waals surface area contributed by atoms with Gasteiger partial charge in [-0.05, 0) is 62.6 Å². The Morgan fingerprint density at radius 2 is 1.81 bits per heavy atom. The first-order valence-corrected chi connectivity index (χ1v) is 16.1. The van der Waals surface area contributed by atoms with E-state index in [-0.39, 0.29) is 28.7 Å². The summed E-state index contributed by atoms with van der Waals surface area (Å²) in [6.45, 7) is 8.42. The molecule has 0 aliphatic heterocycles. The average Bonchev–Trinajstić information content (AvgIpc) is 3.33. The van der Waals surface area contributed by atoms with Crippen molar-refractivity contribution in [2.75, 3.05) is 13.7 Å². The van der Waals surface area contributed by atoms with Crippen molar-refractivity contribution in [1.82, 2.24) is 24.3 Å². The second-order valence-corrected chi connectivity index (χ2v) is 12.1. The van der Waals surface area contributed by atoms with E-state index in [4.69, 9.17) is 19.6 Å². The minimum atomic E-state index is -3.90. The summed E-state index contributed by atoms with van der Waals surface area (Å²) in [5.41, 5.74) is 1.82. The molecule has 0 radical (unpaired) electrons. The molecule has 0 amide bonds. The first-order valence-electron chi connectivity index (χ1n) is 14.6. The van der Waals surface area contributed by atoms with E-state index in [0.717, 1.165) is 43.5 Å². The molecule has 2 N–H and O–H groups in total. The summed E-state index contributed by atoms with van der Waals surface area (Å²) in [6, 6.07) is 11.7. The molecule has 1 atom stereocenters. The standard InChI is InChI=1S/C31H41N5O5S/c1-6-9-10-11-12-23(7-2)30-33-21(4)28-31(37)34-29(35-36(28)30)26-19-25(17-18-27(26)41-8-3)42(38,39)32-20-22-13-15-24(40-5)16-14-22/h13-19,23,32H,6-12,20H2,1-5H3,(H,34,35,37). The number of aromatic amines is 1. The molecule has 0 saturated carbocycles. The molecule has 42 heavy (non-hydrogen) atoms. The minimum Gasteiger partial charge on any atom is -0.497 e.